The molecule has 34 heavy (non-hydrogen) atoms. The van der Waals surface area contributed by atoms with Crippen LogP contribution in [0.15, 0.2) is 71.8 Å². The number of rotatable bonds is 10. The molecule has 1 aliphatic carbocycles. The highest BCUT2D eigenvalue weighted by atomic mass is 32.2. The minimum Gasteiger partial charge on any atom is -0.487 e. The van der Waals surface area contributed by atoms with Gasteiger partial charge >= 0.3 is 0 Å². The number of hydrogen-bond donors (Lipinski definition) is 2. The number of ether oxygens (including phenoxy) is 1. The zero-order valence-electron chi connectivity index (χ0n) is 19.0. The number of pyridine rings is 1. The van der Waals surface area contributed by atoms with Crippen LogP contribution in [0.25, 0.3) is 0 Å². The van der Waals surface area contributed by atoms with Gasteiger partial charge in [-0.3, -0.25) is 9.78 Å². The molecule has 0 atom stereocenters. The fourth-order valence-corrected chi connectivity index (χ4v) is 5.02. The molecule has 7 nitrogen and oxygen atoms in total. The second-order valence-electron chi connectivity index (χ2n) is 8.32. The second kappa shape index (κ2) is 11.3. The normalized spacial score (nSPS) is 13.2. The summed E-state index contributed by atoms with van der Waals surface area (Å²) in [6, 6.07) is 18.4. The molecule has 0 radical (unpaired) electrons. The van der Waals surface area contributed by atoms with Crippen LogP contribution in [0.5, 0.6) is 5.75 Å². The van der Waals surface area contributed by atoms with Gasteiger partial charge in [0.2, 0.25) is 15.9 Å². The molecule has 0 saturated carbocycles. The summed E-state index contributed by atoms with van der Waals surface area (Å²) < 4.78 is 33.5. The van der Waals surface area contributed by atoms with E-state index in [2.05, 4.69) is 15.0 Å². The summed E-state index contributed by atoms with van der Waals surface area (Å²) in [7, 11) is -3.64. The zero-order chi connectivity index (χ0) is 23.8. The van der Waals surface area contributed by atoms with Crippen molar-refractivity contribution in [3.8, 4) is 5.75 Å². The molecule has 0 saturated heterocycles. The van der Waals surface area contributed by atoms with Crippen LogP contribution in [0.4, 0.5) is 0 Å². The number of sulfonamides is 1. The molecule has 1 aromatic heterocycles. The van der Waals surface area contributed by atoms with E-state index in [4.69, 9.17) is 4.74 Å². The molecule has 2 aromatic carbocycles. The summed E-state index contributed by atoms with van der Waals surface area (Å²) in [5.41, 5.74) is 4.06. The maximum Gasteiger partial charge on any atom is 0.240 e. The molecular weight excluding hydrogens is 450 g/mol. The topological polar surface area (TPSA) is 97.4 Å². The highest BCUT2D eigenvalue weighted by Gasteiger charge is 2.17. The molecule has 3 aromatic rings. The van der Waals surface area contributed by atoms with Gasteiger partial charge < -0.3 is 10.1 Å². The number of nitrogens with one attached hydrogen (secondary N) is 2. The first-order valence-electron chi connectivity index (χ1n) is 11.5. The number of aryl methyl sites for hydroxylation is 2. The van der Waals surface area contributed by atoms with Crippen molar-refractivity contribution in [2.75, 3.05) is 6.54 Å². The minimum absolute atomic E-state index is 0.0402. The van der Waals surface area contributed by atoms with E-state index in [1.807, 2.05) is 48.5 Å². The maximum absolute atomic E-state index is 12.6. The first-order valence-corrected chi connectivity index (χ1v) is 13.0. The highest BCUT2D eigenvalue weighted by Crippen LogP contribution is 2.24. The van der Waals surface area contributed by atoms with E-state index in [0.717, 1.165) is 42.5 Å². The first-order chi connectivity index (χ1) is 16.5. The summed E-state index contributed by atoms with van der Waals surface area (Å²) in [6.07, 6.45) is 5.93. The fraction of sp³-hybridized carbons (Fsp3) is 0.308. The Labute approximate surface area is 200 Å². The van der Waals surface area contributed by atoms with Crippen molar-refractivity contribution in [2.24, 2.45) is 0 Å². The Morgan fingerprint density at radius 2 is 1.82 bits per heavy atom. The molecule has 1 amide bonds. The molecule has 0 unspecified atom stereocenters. The molecule has 0 fully saturated rings. The molecule has 0 aliphatic heterocycles. The Kier molecular flexibility index (Phi) is 7.92. The third-order valence-corrected chi connectivity index (χ3v) is 7.23. The third kappa shape index (κ3) is 6.65. The Hall–Kier alpha value is -3.23. The molecule has 1 aliphatic rings. The maximum atomic E-state index is 12.6. The fourth-order valence-electron chi connectivity index (χ4n) is 3.93. The number of benzene rings is 2. The number of fused-ring (bicyclic) bond motifs is 1. The molecule has 1 heterocycles. The van der Waals surface area contributed by atoms with Crippen molar-refractivity contribution >= 4 is 15.9 Å². The summed E-state index contributed by atoms with van der Waals surface area (Å²) in [4.78, 5) is 16.7. The number of carbonyl (C=O) groups is 1. The van der Waals surface area contributed by atoms with Crippen molar-refractivity contribution in [1.29, 1.82) is 0 Å². The van der Waals surface area contributed by atoms with Crippen molar-refractivity contribution in [3.63, 3.8) is 0 Å². The van der Waals surface area contributed by atoms with E-state index in [9.17, 15) is 13.2 Å². The molecular formula is C26H29N3O4S. The number of aromatic nitrogens is 1. The summed E-state index contributed by atoms with van der Waals surface area (Å²) in [6.45, 7) is 0.733. The first kappa shape index (κ1) is 23.9. The number of nitrogens with zero attached hydrogens (tertiary/aromatic N) is 1. The molecule has 0 bridgehead atoms. The van der Waals surface area contributed by atoms with Gasteiger partial charge in [0.05, 0.1) is 10.6 Å². The van der Waals surface area contributed by atoms with Gasteiger partial charge in [0.1, 0.15) is 12.4 Å². The standard InChI is InChI=1S/C26H29N3O4S/c30-26(13-15-29-34(31,32)25-12-11-21-7-1-2-8-22(21)17-25)28-18-20-6-5-10-24(16-20)33-19-23-9-3-4-14-27-23/h3-6,9-12,14,16-17,29H,1-2,7-8,13,15,18-19H2,(H,28,30). The van der Waals surface area contributed by atoms with E-state index < -0.39 is 10.0 Å². The van der Waals surface area contributed by atoms with Gasteiger partial charge in [0.15, 0.2) is 0 Å². The number of hydrogen-bond acceptors (Lipinski definition) is 5. The lowest BCUT2D eigenvalue weighted by atomic mass is 9.92. The van der Waals surface area contributed by atoms with E-state index in [1.165, 1.54) is 5.56 Å². The minimum atomic E-state index is -3.64. The van der Waals surface area contributed by atoms with Crippen molar-refractivity contribution in [3.05, 3.63) is 89.2 Å². The lowest BCUT2D eigenvalue weighted by Crippen LogP contribution is -2.30. The lowest BCUT2D eigenvalue weighted by Gasteiger charge is -2.16. The van der Waals surface area contributed by atoms with Gasteiger partial charge in [0.25, 0.3) is 0 Å². The van der Waals surface area contributed by atoms with Gasteiger partial charge in [-0.15, -0.1) is 0 Å². The predicted octanol–water partition coefficient (Wildman–Crippen LogP) is 3.52. The van der Waals surface area contributed by atoms with Crippen LogP contribution in [0.2, 0.25) is 0 Å². The van der Waals surface area contributed by atoms with E-state index in [-0.39, 0.29) is 23.8 Å². The largest absolute Gasteiger partial charge is 0.487 e. The van der Waals surface area contributed by atoms with Crippen molar-refractivity contribution in [1.82, 2.24) is 15.0 Å². The second-order valence-corrected chi connectivity index (χ2v) is 10.1. The molecule has 8 heteroatoms. The Morgan fingerprint density at radius 3 is 2.65 bits per heavy atom. The Bertz CT molecular complexity index is 1230. The molecule has 2 N–H and O–H groups in total. The van der Waals surface area contributed by atoms with Crippen LogP contribution in [0.1, 0.15) is 41.6 Å². The quantitative estimate of drug-likeness (QED) is 0.464. The smallest absolute Gasteiger partial charge is 0.240 e. The van der Waals surface area contributed by atoms with Crippen LogP contribution in [0.3, 0.4) is 0 Å². The third-order valence-electron chi connectivity index (χ3n) is 5.78. The van der Waals surface area contributed by atoms with E-state index in [1.54, 1.807) is 18.3 Å². The lowest BCUT2D eigenvalue weighted by molar-refractivity contribution is -0.121. The Balaban J connectivity index is 1.22. The molecule has 178 valence electrons. The predicted molar refractivity (Wildman–Crippen MR) is 130 cm³/mol. The SMILES string of the molecule is O=C(CCNS(=O)(=O)c1ccc2c(c1)CCCC2)NCc1cccc(OCc2ccccn2)c1. The molecule has 0 spiro atoms. The van der Waals surface area contributed by atoms with Gasteiger partial charge in [-0.25, -0.2) is 13.1 Å². The average molecular weight is 480 g/mol. The molecule has 4 rings (SSSR count). The monoisotopic (exact) mass is 479 g/mol. The number of carbonyl (C=O) groups excluding carboxylic acids is 1. The van der Waals surface area contributed by atoms with Gasteiger partial charge in [0, 0.05) is 25.7 Å². The summed E-state index contributed by atoms with van der Waals surface area (Å²) in [5.74, 6) is 0.461. The summed E-state index contributed by atoms with van der Waals surface area (Å²) >= 11 is 0. The Morgan fingerprint density at radius 1 is 0.971 bits per heavy atom. The van der Waals surface area contributed by atoms with Crippen LogP contribution < -0.4 is 14.8 Å². The zero-order valence-corrected chi connectivity index (χ0v) is 19.8. The van der Waals surface area contributed by atoms with Crippen molar-refractivity contribution < 1.29 is 17.9 Å². The van der Waals surface area contributed by atoms with Crippen LogP contribution in [-0.4, -0.2) is 25.9 Å². The van der Waals surface area contributed by atoms with Crippen molar-refractivity contribution in [2.45, 2.75) is 50.2 Å². The van der Waals surface area contributed by atoms with Gasteiger partial charge in [-0.1, -0.05) is 24.3 Å². The summed E-state index contributed by atoms with van der Waals surface area (Å²) in [5, 5.41) is 2.83. The van der Waals surface area contributed by atoms with E-state index >= 15 is 0 Å². The number of amides is 1. The van der Waals surface area contributed by atoms with Crippen LogP contribution in [-0.2, 0) is 40.8 Å². The highest BCUT2D eigenvalue weighted by molar-refractivity contribution is 7.89. The van der Waals surface area contributed by atoms with Gasteiger partial charge in [-0.2, -0.15) is 0 Å². The average Bonchev–Trinajstić information content (AvgIpc) is 2.87. The van der Waals surface area contributed by atoms with Gasteiger partial charge in [-0.05, 0) is 78.8 Å². The van der Waals surface area contributed by atoms with Crippen LogP contribution >= 0.6 is 0 Å². The van der Waals surface area contributed by atoms with Crippen LogP contribution in [0, 0.1) is 0 Å². The van der Waals surface area contributed by atoms with E-state index in [0.29, 0.717) is 18.9 Å².